The molecule has 0 aromatic heterocycles. The molecule has 0 aliphatic carbocycles. The standard InChI is InChI=1S/C14H11ClF2N2O/c15-9-3-1-8(2-4-9)5-13(20)19-14-11(17)6-10(16)7-12(14)18/h1-4,6-7H,5,18H2,(H,19,20). The van der Waals surface area contributed by atoms with E-state index in [0.29, 0.717) is 16.7 Å². The van der Waals surface area contributed by atoms with Crippen molar-refractivity contribution < 1.29 is 13.6 Å². The zero-order valence-corrected chi connectivity index (χ0v) is 11.0. The van der Waals surface area contributed by atoms with Crippen molar-refractivity contribution in [1.29, 1.82) is 0 Å². The summed E-state index contributed by atoms with van der Waals surface area (Å²) in [7, 11) is 0. The summed E-state index contributed by atoms with van der Waals surface area (Å²) in [6, 6.07) is 8.28. The van der Waals surface area contributed by atoms with E-state index in [9.17, 15) is 13.6 Å². The monoisotopic (exact) mass is 296 g/mol. The third kappa shape index (κ3) is 3.45. The lowest BCUT2D eigenvalue weighted by atomic mass is 10.1. The average molecular weight is 297 g/mol. The molecule has 3 N–H and O–H groups in total. The highest BCUT2D eigenvalue weighted by atomic mass is 35.5. The summed E-state index contributed by atoms with van der Waals surface area (Å²) in [5.74, 6) is -2.16. The van der Waals surface area contributed by atoms with Crippen LogP contribution in [0.25, 0.3) is 0 Å². The van der Waals surface area contributed by atoms with Crippen molar-refractivity contribution in [3.63, 3.8) is 0 Å². The molecule has 2 aromatic carbocycles. The highest BCUT2D eigenvalue weighted by Crippen LogP contribution is 2.24. The molecule has 0 aliphatic heterocycles. The molecule has 0 unspecified atom stereocenters. The van der Waals surface area contributed by atoms with Gasteiger partial charge in [-0.2, -0.15) is 0 Å². The minimum absolute atomic E-state index is 0.0351. The molecule has 1 amide bonds. The Morgan fingerprint density at radius 2 is 1.85 bits per heavy atom. The first-order valence-electron chi connectivity index (χ1n) is 5.74. The minimum atomic E-state index is -0.910. The molecular weight excluding hydrogens is 286 g/mol. The first-order chi connectivity index (χ1) is 9.45. The van der Waals surface area contributed by atoms with Gasteiger partial charge in [0.2, 0.25) is 5.91 Å². The van der Waals surface area contributed by atoms with Gasteiger partial charge < -0.3 is 11.1 Å². The number of halogens is 3. The van der Waals surface area contributed by atoms with Crippen molar-refractivity contribution in [1.82, 2.24) is 0 Å². The molecule has 0 aliphatic rings. The molecule has 104 valence electrons. The molecule has 3 nitrogen and oxygen atoms in total. The fourth-order valence-corrected chi connectivity index (χ4v) is 1.82. The number of nitrogen functional groups attached to an aromatic ring is 1. The van der Waals surface area contributed by atoms with Crippen LogP contribution < -0.4 is 11.1 Å². The van der Waals surface area contributed by atoms with Gasteiger partial charge in [-0.3, -0.25) is 4.79 Å². The predicted octanol–water partition coefficient (Wildman–Crippen LogP) is 3.38. The molecular formula is C14H11ClF2N2O. The minimum Gasteiger partial charge on any atom is -0.397 e. The van der Waals surface area contributed by atoms with Crippen molar-refractivity contribution in [3.8, 4) is 0 Å². The number of anilines is 2. The van der Waals surface area contributed by atoms with E-state index in [1.54, 1.807) is 24.3 Å². The van der Waals surface area contributed by atoms with Gasteiger partial charge in [-0.25, -0.2) is 8.78 Å². The van der Waals surface area contributed by atoms with E-state index in [-0.39, 0.29) is 17.8 Å². The van der Waals surface area contributed by atoms with E-state index in [0.717, 1.165) is 6.07 Å². The van der Waals surface area contributed by atoms with E-state index in [2.05, 4.69) is 5.32 Å². The molecule has 0 bridgehead atoms. The van der Waals surface area contributed by atoms with Gasteiger partial charge in [0.25, 0.3) is 0 Å². The van der Waals surface area contributed by atoms with Gasteiger partial charge in [-0.1, -0.05) is 23.7 Å². The molecule has 0 spiro atoms. The molecule has 0 saturated carbocycles. The van der Waals surface area contributed by atoms with Crippen LogP contribution in [0.15, 0.2) is 36.4 Å². The van der Waals surface area contributed by atoms with Crippen molar-refractivity contribution in [3.05, 3.63) is 58.6 Å². The summed E-state index contributed by atoms with van der Waals surface area (Å²) in [4.78, 5) is 11.8. The highest BCUT2D eigenvalue weighted by Gasteiger charge is 2.12. The van der Waals surface area contributed by atoms with E-state index in [1.165, 1.54) is 0 Å². The molecule has 20 heavy (non-hydrogen) atoms. The average Bonchev–Trinajstić information content (AvgIpc) is 2.36. The van der Waals surface area contributed by atoms with E-state index in [1.807, 2.05) is 0 Å². The summed E-state index contributed by atoms with van der Waals surface area (Å²) in [5, 5.41) is 2.89. The van der Waals surface area contributed by atoms with Gasteiger partial charge in [-0.05, 0) is 23.8 Å². The molecule has 0 saturated heterocycles. The van der Waals surface area contributed by atoms with Gasteiger partial charge in [0.15, 0.2) is 5.82 Å². The second-order valence-electron chi connectivity index (χ2n) is 4.20. The maximum absolute atomic E-state index is 13.5. The van der Waals surface area contributed by atoms with Gasteiger partial charge in [-0.15, -0.1) is 0 Å². The number of benzene rings is 2. The molecule has 0 fully saturated rings. The number of hydrogen-bond acceptors (Lipinski definition) is 2. The normalized spacial score (nSPS) is 10.3. The number of hydrogen-bond donors (Lipinski definition) is 2. The van der Waals surface area contributed by atoms with E-state index < -0.39 is 17.5 Å². The Morgan fingerprint density at radius 1 is 1.20 bits per heavy atom. The van der Waals surface area contributed by atoms with Gasteiger partial charge in [0.1, 0.15) is 11.5 Å². The molecule has 2 aromatic rings. The first kappa shape index (κ1) is 14.3. The SMILES string of the molecule is Nc1cc(F)cc(F)c1NC(=O)Cc1ccc(Cl)cc1. The van der Waals surface area contributed by atoms with Crippen LogP contribution in [0.1, 0.15) is 5.56 Å². The number of nitrogens with two attached hydrogens (primary N) is 1. The Balaban J connectivity index is 2.10. The maximum Gasteiger partial charge on any atom is 0.228 e. The lowest BCUT2D eigenvalue weighted by Gasteiger charge is -2.09. The third-order valence-electron chi connectivity index (χ3n) is 2.63. The van der Waals surface area contributed by atoms with Crippen molar-refractivity contribution in [2.24, 2.45) is 0 Å². The Labute approximate surface area is 119 Å². The Kier molecular flexibility index (Phi) is 4.20. The Bertz CT molecular complexity index is 621. The van der Waals surface area contributed by atoms with Gasteiger partial charge >= 0.3 is 0 Å². The fourth-order valence-electron chi connectivity index (χ4n) is 1.70. The number of carbonyl (C=O) groups excluding carboxylic acids is 1. The predicted molar refractivity (Wildman–Crippen MR) is 74.6 cm³/mol. The second kappa shape index (κ2) is 5.88. The fraction of sp³-hybridized carbons (Fsp3) is 0.0714. The number of nitrogens with one attached hydrogen (secondary N) is 1. The van der Waals surface area contributed by atoms with Crippen LogP contribution >= 0.6 is 11.6 Å². The van der Waals surface area contributed by atoms with Crippen LogP contribution in [0.5, 0.6) is 0 Å². The maximum atomic E-state index is 13.5. The van der Waals surface area contributed by atoms with Crippen LogP contribution in [0.3, 0.4) is 0 Å². The number of rotatable bonds is 3. The molecule has 0 radical (unpaired) electrons. The zero-order chi connectivity index (χ0) is 14.7. The van der Waals surface area contributed by atoms with E-state index in [4.69, 9.17) is 17.3 Å². The van der Waals surface area contributed by atoms with Crippen LogP contribution in [-0.2, 0) is 11.2 Å². The molecule has 6 heteroatoms. The van der Waals surface area contributed by atoms with E-state index >= 15 is 0 Å². The lowest BCUT2D eigenvalue weighted by Crippen LogP contribution is -2.16. The molecule has 0 atom stereocenters. The Morgan fingerprint density at radius 3 is 2.45 bits per heavy atom. The zero-order valence-electron chi connectivity index (χ0n) is 10.3. The largest absolute Gasteiger partial charge is 0.397 e. The number of amides is 1. The summed E-state index contributed by atoms with van der Waals surface area (Å²) >= 11 is 5.73. The summed E-state index contributed by atoms with van der Waals surface area (Å²) < 4.78 is 26.4. The molecule has 0 heterocycles. The lowest BCUT2D eigenvalue weighted by molar-refractivity contribution is -0.115. The van der Waals surface area contributed by atoms with Gasteiger partial charge in [0, 0.05) is 11.1 Å². The summed E-state index contributed by atoms with van der Waals surface area (Å²) in [5.41, 5.74) is 5.81. The van der Waals surface area contributed by atoms with Crippen LogP contribution in [-0.4, -0.2) is 5.91 Å². The smallest absolute Gasteiger partial charge is 0.228 e. The van der Waals surface area contributed by atoms with Crippen molar-refractivity contribution in [2.45, 2.75) is 6.42 Å². The Hall–Kier alpha value is -2.14. The second-order valence-corrected chi connectivity index (χ2v) is 4.64. The van der Waals surface area contributed by atoms with Gasteiger partial charge in [0.05, 0.1) is 12.1 Å². The quantitative estimate of drug-likeness (QED) is 0.853. The van der Waals surface area contributed by atoms with Crippen molar-refractivity contribution in [2.75, 3.05) is 11.1 Å². The molecule has 2 rings (SSSR count). The topological polar surface area (TPSA) is 55.1 Å². The van der Waals surface area contributed by atoms with Crippen LogP contribution in [0, 0.1) is 11.6 Å². The van der Waals surface area contributed by atoms with Crippen LogP contribution in [0.4, 0.5) is 20.2 Å². The highest BCUT2D eigenvalue weighted by molar-refractivity contribution is 6.30. The third-order valence-corrected chi connectivity index (χ3v) is 2.88. The number of carbonyl (C=O) groups is 1. The van der Waals surface area contributed by atoms with Crippen LogP contribution in [0.2, 0.25) is 5.02 Å². The first-order valence-corrected chi connectivity index (χ1v) is 6.12. The van der Waals surface area contributed by atoms with Crippen molar-refractivity contribution >= 4 is 28.9 Å². The summed E-state index contributed by atoms with van der Waals surface area (Å²) in [6.07, 6.45) is 0.0351. The summed E-state index contributed by atoms with van der Waals surface area (Å²) in [6.45, 7) is 0.